The smallest absolute Gasteiger partial charge is 0.162 e. The Balaban J connectivity index is 2.55. The fourth-order valence-corrected chi connectivity index (χ4v) is 1.42. The molecule has 0 aromatic heterocycles. The lowest BCUT2D eigenvalue weighted by atomic mass is 10.0. The third-order valence-corrected chi connectivity index (χ3v) is 2.41. The Labute approximate surface area is 91.5 Å². The van der Waals surface area contributed by atoms with Crippen LogP contribution < -0.4 is 0 Å². The molecule has 15 heavy (non-hydrogen) atoms. The van der Waals surface area contributed by atoms with E-state index in [1.807, 2.05) is 24.3 Å². The predicted molar refractivity (Wildman–Crippen MR) is 62.8 cm³/mol. The summed E-state index contributed by atoms with van der Waals surface area (Å²) in [6.07, 6.45) is 8.15. The normalized spacial score (nSPS) is 9.60. The molecule has 0 atom stereocenters. The third-order valence-electron chi connectivity index (χ3n) is 2.41. The lowest BCUT2D eigenvalue weighted by molar-refractivity contribution is 0.0980. The molecule has 1 rings (SSSR count). The van der Waals surface area contributed by atoms with Gasteiger partial charge in [0.25, 0.3) is 0 Å². The highest BCUT2D eigenvalue weighted by atomic mass is 16.1. The van der Waals surface area contributed by atoms with Crippen LogP contribution in [-0.2, 0) is 6.42 Å². The van der Waals surface area contributed by atoms with Crippen molar-refractivity contribution in [3.05, 3.63) is 35.4 Å². The van der Waals surface area contributed by atoms with Gasteiger partial charge < -0.3 is 0 Å². The summed E-state index contributed by atoms with van der Waals surface area (Å²) in [6.45, 7) is 2.10. The third kappa shape index (κ3) is 3.59. The van der Waals surface area contributed by atoms with Crippen LogP contribution in [0.15, 0.2) is 24.3 Å². The molecule has 78 valence electrons. The van der Waals surface area contributed by atoms with Gasteiger partial charge in [-0.05, 0) is 18.4 Å². The molecule has 0 saturated carbocycles. The Morgan fingerprint density at radius 1 is 1.33 bits per heavy atom. The highest BCUT2D eigenvalue weighted by Crippen LogP contribution is 2.09. The minimum Gasteiger partial charge on any atom is -0.294 e. The Morgan fingerprint density at radius 3 is 2.53 bits per heavy atom. The Hall–Kier alpha value is -1.55. The minimum atomic E-state index is 0.188. The highest BCUT2D eigenvalue weighted by Gasteiger charge is 2.04. The maximum atomic E-state index is 11.7. The van der Waals surface area contributed by atoms with Crippen molar-refractivity contribution in [2.75, 3.05) is 0 Å². The maximum Gasteiger partial charge on any atom is 0.162 e. The highest BCUT2D eigenvalue weighted by molar-refractivity contribution is 5.96. The number of hydrogen-bond donors (Lipinski definition) is 0. The number of benzene rings is 1. The van der Waals surface area contributed by atoms with Gasteiger partial charge in [0.05, 0.1) is 0 Å². The quantitative estimate of drug-likeness (QED) is 0.405. The van der Waals surface area contributed by atoms with E-state index in [0.717, 1.165) is 18.4 Å². The maximum absolute atomic E-state index is 11.7. The van der Waals surface area contributed by atoms with E-state index < -0.39 is 0 Å². The van der Waals surface area contributed by atoms with Crippen molar-refractivity contribution in [3.8, 4) is 12.3 Å². The van der Waals surface area contributed by atoms with Crippen LogP contribution in [0.4, 0.5) is 0 Å². The number of carbonyl (C=O) groups is 1. The van der Waals surface area contributed by atoms with Gasteiger partial charge >= 0.3 is 0 Å². The molecule has 0 aliphatic rings. The number of ketones is 1. The molecule has 1 nitrogen and oxygen atoms in total. The first-order valence-electron chi connectivity index (χ1n) is 5.33. The van der Waals surface area contributed by atoms with E-state index in [9.17, 15) is 4.79 Å². The summed E-state index contributed by atoms with van der Waals surface area (Å²) < 4.78 is 0. The fourth-order valence-electron chi connectivity index (χ4n) is 1.42. The van der Waals surface area contributed by atoms with Gasteiger partial charge in [-0.1, -0.05) is 31.2 Å². The molecule has 1 aromatic carbocycles. The zero-order valence-electron chi connectivity index (χ0n) is 9.12. The lowest BCUT2D eigenvalue weighted by Gasteiger charge is -2.01. The van der Waals surface area contributed by atoms with Gasteiger partial charge in [0.2, 0.25) is 0 Å². The van der Waals surface area contributed by atoms with E-state index in [0.29, 0.717) is 12.8 Å². The van der Waals surface area contributed by atoms with Crippen molar-refractivity contribution in [1.29, 1.82) is 0 Å². The summed E-state index contributed by atoms with van der Waals surface area (Å²) in [5, 5.41) is 0. The summed E-state index contributed by atoms with van der Waals surface area (Å²) in [5.41, 5.74) is 2.05. The molecule has 0 N–H and O–H groups in total. The molecular formula is C14H16O. The van der Waals surface area contributed by atoms with Crippen molar-refractivity contribution >= 4 is 5.78 Å². The zero-order valence-corrected chi connectivity index (χ0v) is 9.12. The number of rotatable bonds is 5. The first kappa shape index (κ1) is 11.5. The minimum absolute atomic E-state index is 0.188. The van der Waals surface area contributed by atoms with E-state index in [-0.39, 0.29) is 5.78 Å². The van der Waals surface area contributed by atoms with Gasteiger partial charge in [-0.25, -0.2) is 0 Å². The van der Waals surface area contributed by atoms with E-state index >= 15 is 0 Å². The Kier molecular flexibility index (Phi) is 4.63. The fraction of sp³-hybridized carbons (Fsp3) is 0.357. The first-order valence-corrected chi connectivity index (χ1v) is 5.33. The van der Waals surface area contributed by atoms with Crippen LogP contribution in [-0.4, -0.2) is 5.78 Å². The molecular weight excluding hydrogens is 184 g/mol. The average Bonchev–Trinajstić information content (AvgIpc) is 2.29. The Bertz CT molecular complexity index is 354. The molecule has 0 fully saturated rings. The zero-order chi connectivity index (χ0) is 11.1. The monoisotopic (exact) mass is 200 g/mol. The molecule has 0 spiro atoms. The van der Waals surface area contributed by atoms with Crippen molar-refractivity contribution in [2.45, 2.75) is 32.6 Å². The number of terminal acetylenes is 1. The lowest BCUT2D eigenvalue weighted by Crippen LogP contribution is -1.98. The second-order valence-electron chi connectivity index (χ2n) is 3.53. The van der Waals surface area contributed by atoms with Gasteiger partial charge in [-0.2, -0.15) is 0 Å². The average molecular weight is 200 g/mol. The summed E-state index contributed by atoms with van der Waals surface area (Å²) in [4.78, 5) is 11.7. The summed E-state index contributed by atoms with van der Waals surface area (Å²) in [7, 11) is 0. The van der Waals surface area contributed by atoms with E-state index in [1.165, 1.54) is 5.56 Å². The van der Waals surface area contributed by atoms with Crippen molar-refractivity contribution in [1.82, 2.24) is 0 Å². The molecule has 0 bridgehead atoms. The summed E-state index contributed by atoms with van der Waals surface area (Å²) in [6, 6.07) is 7.82. The predicted octanol–water partition coefficient (Wildman–Crippen LogP) is 3.24. The molecule has 0 aliphatic carbocycles. The van der Waals surface area contributed by atoms with Crippen LogP contribution in [0.25, 0.3) is 0 Å². The van der Waals surface area contributed by atoms with Crippen LogP contribution in [0.2, 0.25) is 0 Å². The largest absolute Gasteiger partial charge is 0.294 e. The van der Waals surface area contributed by atoms with Gasteiger partial charge in [-0.15, -0.1) is 12.3 Å². The van der Waals surface area contributed by atoms with Crippen LogP contribution in [0, 0.1) is 12.3 Å². The number of carbonyl (C=O) groups excluding carboxylic acids is 1. The van der Waals surface area contributed by atoms with Crippen LogP contribution in [0.3, 0.4) is 0 Å². The van der Waals surface area contributed by atoms with Crippen molar-refractivity contribution < 1.29 is 4.79 Å². The van der Waals surface area contributed by atoms with Gasteiger partial charge in [0, 0.05) is 18.4 Å². The van der Waals surface area contributed by atoms with Crippen LogP contribution >= 0.6 is 0 Å². The molecule has 0 aliphatic heterocycles. The molecule has 1 aromatic rings. The standard InChI is InChI=1S/C14H16O/c1-3-5-6-7-14(15)13-10-8-12(4-2)9-11-13/h1,8-11H,4-7H2,2H3. The topological polar surface area (TPSA) is 17.1 Å². The van der Waals surface area contributed by atoms with E-state index in [4.69, 9.17) is 6.42 Å². The second-order valence-corrected chi connectivity index (χ2v) is 3.53. The molecule has 0 radical (unpaired) electrons. The van der Waals surface area contributed by atoms with Crippen molar-refractivity contribution in [3.63, 3.8) is 0 Å². The van der Waals surface area contributed by atoms with Crippen LogP contribution in [0.5, 0.6) is 0 Å². The second kappa shape index (κ2) is 6.03. The number of Topliss-reactive ketones (excluding diaryl/α,β-unsaturated/α-hetero) is 1. The van der Waals surface area contributed by atoms with Gasteiger partial charge in [0.15, 0.2) is 5.78 Å². The SMILES string of the molecule is C#CCCCC(=O)c1ccc(CC)cc1. The molecule has 0 saturated heterocycles. The van der Waals surface area contributed by atoms with Gasteiger partial charge in [0.1, 0.15) is 0 Å². The summed E-state index contributed by atoms with van der Waals surface area (Å²) >= 11 is 0. The van der Waals surface area contributed by atoms with Crippen LogP contribution in [0.1, 0.15) is 42.1 Å². The molecule has 1 heteroatoms. The molecule has 0 heterocycles. The number of aryl methyl sites for hydroxylation is 1. The number of unbranched alkanes of at least 4 members (excludes halogenated alkanes) is 1. The molecule has 0 amide bonds. The number of hydrogen-bond acceptors (Lipinski definition) is 1. The van der Waals surface area contributed by atoms with Crippen molar-refractivity contribution in [2.24, 2.45) is 0 Å². The van der Waals surface area contributed by atoms with Gasteiger partial charge in [-0.3, -0.25) is 4.79 Å². The molecule has 0 unspecified atom stereocenters. The van der Waals surface area contributed by atoms with E-state index in [1.54, 1.807) is 0 Å². The summed E-state index contributed by atoms with van der Waals surface area (Å²) in [5.74, 6) is 2.73. The van der Waals surface area contributed by atoms with E-state index in [2.05, 4.69) is 12.8 Å². The Morgan fingerprint density at radius 2 is 2.00 bits per heavy atom. The first-order chi connectivity index (χ1) is 7.27.